The quantitative estimate of drug-likeness (QED) is 0.118. The van der Waals surface area contributed by atoms with Gasteiger partial charge < -0.3 is 14.0 Å². The van der Waals surface area contributed by atoms with Crippen LogP contribution in [-0.2, 0) is 5.41 Å². The molecule has 3 heteroatoms. The van der Waals surface area contributed by atoms with Crippen LogP contribution in [0.2, 0.25) is 0 Å². The lowest BCUT2D eigenvalue weighted by molar-refractivity contribution is 0.745. The number of hydrogen-bond donors (Lipinski definition) is 0. The number of fused-ring (bicyclic) bond motifs is 6. The molecular formula is C74H53N3. The van der Waals surface area contributed by atoms with E-state index in [1.54, 1.807) is 0 Å². The van der Waals surface area contributed by atoms with Crippen molar-refractivity contribution in [2.24, 2.45) is 0 Å². The van der Waals surface area contributed by atoms with Crippen molar-refractivity contribution in [1.29, 1.82) is 0 Å². The zero-order valence-electron chi connectivity index (χ0n) is 42.5. The Labute approximate surface area is 449 Å². The largest absolute Gasteiger partial charge is 0.311 e. The average Bonchev–Trinajstić information content (AvgIpc) is 3.96. The van der Waals surface area contributed by atoms with Gasteiger partial charge in [0.05, 0.1) is 27.3 Å². The van der Waals surface area contributed by atoms with Crippen LogP contribution in [-0.4, -0.2) is 9.13 Å². The second-order valence-corrected chi connectivity index (χ2v) is 20.0. The van der Waals surface area contributed by atoms with Crippen LogP contribution in [0.25, 0.3) is 78.5 Å². The molecule has 0 fully saturated rings. The summed E-state index contributed by atoms with van der Waals surface area (Å²) in [7, 11) is 0. The second kappa shape index (κ2) is 19.4. The van der Waals surface area contributed by atoms with Crippen LogP contribution >= 0.6 is 0 Å². The first-order valence-corrected chi connectivity index (χ1v) is 26.6. The van der Waals surface area contributed by atoms with Crippen LogP contribution in [0.3, 0.4) is 0 Å². The summed E-state index contributed by atoms with van der Waals surface area (Å²) in [6.45, 7) is 0. The standard InChI is InChI=1S/C74H53N3/c1-5-19-57(20-6-1)74(58-21-7-2-8-22-58,59-23-9-3-10-24-59)60-41-51-63(52-42-60)75(62-45-35-54(36-46-62)56-39-49-65(50-40-56)77-72-31-17-14-27-68(72)69-28-15-18-32-73(69)77)61-43-33-53(34-44-61)55-37-47-64(48-38-55)76-70-29-12-4-11-25-66(70)67-26-13-16-30-71(67)76/h1-10,12-52H,11H2. The summed E-state index contributed by atoms with van der Waals surface area (Å²) in [6, 6.07) is 104. The number of anilines is 3. The Morgan fingerprint density at radius 3 is 1.12 bits per heavy atom. The first kappa shape index (κ1) is 45.6. The first-order chi connectivity index (χ1) is 38.2. The number of allylic oxidation sites excluding steroid dienone is 2. The minimum Gasteiger partial charge on any atom is -0.311 e. The van der Waals surface area contributed by atoms with Crippen molar-refractivity contribution in [2.75, 3.05) is 4.90 Å². The fourth-order valence-corrected chi connectivity index (χ4v) is 12.1. The molecule has 0 spiro atoms. The van der Waals surface area contributed by atoms with Gasteiger partial charge in [-0.15, -0.1) is 0 Å². The predicted molar refractivity (Wildman–Crippen MR) is 323 cm³/mol. The van der Waals surface area contributed by atoms with E-state index in [0.29, 0.717) is 0 Å². The van der Waals surface area contributed by atoms with Gasteiger partial charge in [-0.1, -0.05) is 224 Å². The maximum atomic E-state index is 2.39. The molecule has 0 bridgehead atoms. The predicted octanol–water partition coefficient (Wildman–Crippen LogP) is 17.4. The topological polar surface area (TPSA) is 13.1 Å². The third kappa shape index (κ3) is 7.91. The Hall–Kier alpha value is -9.96. The monoisotopic (exact) mass is 983 g/mol. The Balaban J connectivity index is 0.841. The van der Waals surface area contributed by atoms with Crippen LogP contribution in [0.15, 0.2) is 297 Å². The summed E-state index contributed by atoms with van der Waals surface area (Å²) in [5.41, 5.74) is 18.1. The van der Waals surface area contributed by atoms with Gasteiger partial charge in [0.15, 0.2) is 0 Å². The van der Waals surface area contributed by atoms with E-state index in [1.165, 1.54) is 76.7 Å². The molecule has 1 aliphatic rings. The minimum absolute atomic E-state index is 0.552. The summed E-state index contributed by atoms with van der Waals surface area (Å²) in [6.07, 6.45) is 9.92. The molecule has 0 radical (unpaired) electrons. The maximum Gasteiger partial charge on any atom is 0.0701 e. The Morgan fingerprint density at radius 1 is 0.312 bits per heavy atom. The van der Waals surface area contributed by atoms with Crippen LogP contribution in [0.4, 0.5) is 17.1 Å². The highest BCUT2D eigenvalue weighted by atomic mass is 15.1. The number of hydrogen-bond acceptors (Lipinski definition) is 1. The molecule has 0 saturated carbocycles. The summed E-state index contributed by atoms with van der Waals surface area (Å²) in [4.78, 5) is 2.38. The second-order valence-electron chi connectivity index (χ2n) is 20.0. The highest BCUT2D eigenvalue weighted by Crippen LogP contribution is 2.46. The summed E-state index contributed by atoms with van der Waals surface area (Å²) < 4.78 is 4.77. The smallest absolute Gasteiger partial charge is 0.0701 e. The number of nitrogens with zero attached hydrogens (tertiary/aromatic N) is 3. The number of para-hydroxylation sites is 3. The fraction of sp³-hybridized carbons (Fsp3) is 0.0270. The third-order valence-corrected chi connectivity index (χ3v) is 15.7. The van der Waals surface area contributed by atoms with Crippen molar-refractivity contribution in [3.8, 4) is 33.6 Å². The van der Waals surface area contributed by atoms with Crippen molar-refractivity contribution >= 4 is 61.9 Å². The van der Waals surface area contributed by atoms with Crippen molar-refractivity contribution in [2.45, 2.75) is 11.8 Å². The minimum atomic E-state index is -0.552. The van der Waals surface area contributed by atoms with Crippen molar-refractivity contribution in [3.05, 3.63) is 330 Å². The average molecular weight is 984 g/mol. The van der Waals surface area contributed by atoms with E-state index in [2.05, 4.69) is 323 Å². The third-order valence-electron chi connectivity index (χ3n) is 15.7. The lowest BCUT2D eigenvalue weighted by atomic mass is 9.65. The highest BCUT2D eigenvalue weighted by Gasteiger charge is 2.38. The molecule has 13 aromatic rings. The van der Waals surface area contributed by atoms with E-state index in [0.717, 1.165) is 46.0 Å². The van der Waals surface area contributed by atoms with Gasteiger partial charge in [0.25, 0.3) is 0 Å². The van der Waals surface area contributed by atoms with E-state index < -0.39 is 5.41 Å². The van der Waals surface area contributed by atoms with Crippen LogP contribution in [0.5, 0.6) is 0 Å². The van der Waals surface area contributed by atoms with E-state index >= 15 is 0 Å². The summed E-state index contributed by atoms with van der Waals surface area (Å²) in [5.74, 6) is 0. The van der Waals surface area contributed by atoms with Gasteiger partial charge in [-0.3, -0.25) is 0 Å². The van der Waals surface area contributed by atoms with Gasteiger partial charge >= 0.3 is 0 Å². The maximum absolute atomic E-state index is 2.39. The summed E-state index contributed by atoms with van der Waals surface area (Å²) >= 11 is 0. The molecule has 0 amide bonds. The molecule has 0 aliphatic heterocycles. The molecule has 77 heavy (non-hydrogen) atoms. The Morgan fingerprint density at radius 2 is 0.662 bits per heavy atom. The van der Waals surface area contributed by atoms with Gasteiger partial charge in [0.2, 0.25) is 0 Å². The molecule has 2 heterocycles. The molecule has 0 unspecified atom stereocenters. The van der Waals surface area contributed by atoms with Crippen molar-refractivity contribution < 1.29 is 0 Å². The molecule has 14 rings (SSSR count). The molecular weight excluding hydrogens is 931 g/mol. The lowest BCUT2D eigenvalue weighted by Crippen LogP contribution is -2.31. The van der Waals surface area contributed by atoms with Crippen LogP contribution in [0, 0.1) is 0 Å². The molecule has 364 valence electrons. The fourth-order valence-electron chi connectivity index (χ4n) is 12.1. The molecule has 0 N–H and O–H groups in total. The first-order valence-electron chi connectivity index (χ1n) is 26.6. The lowest BCUT2D eigenvalue weighted by Gasteiger charge is -2.37. The zero-order chi connectivity index (χ0) is 51.1. The molecule has 11 aromatic carbocycles. The van der Waals surface area contributed by atoms with E-state index in [9.17, 15) is 0 Å². The number of rotatable bonds is 11. The van der Waals surface area contributed by atoms with Crippen molar-refractivity contribution in [3.63, 3.8) is 0 Å². The van der Waals surface area contributed by atoms with Gasteiger partial charge in [0, 0.05) is 49.8 Å². The number of aromatic nitrogens is 2. The van der Waals surface area contributed by atoms with Gasteiger partial charge in [0.1, 0.15) is 0 Å². The molecule has 3 nitrogen and oxygen atoms in total. The summed E-state index contributed by atoms with van der Waals surface area (Å²) in [5, 5.41) is 6.33. The van der Waals surface area contributed by atoms with Gasteiger partial charge in [-0.25, -0.2) is 0 Å². The van der Waals surface area contributed by atoms with Crippen LogP contribution in [0.1, 0.15) is 28.7 Å². The molecule has 0 saturated heterocycles. The zero-order valence-corrected chi connectivity index (χ0v) is 42.5. The highest BCUT2D eigenvalue weighted by molar-refractivity contribution is 6.09. The van der Waals surface area contributed by atoms with E-state index in [4.69, 9.17) is 0 Å². The van der Waals surface area contributed by atoms with E-state index in [1.807, 2.05) is 0 Å². The van der Waals surface area contributed by atoms with Gasteiger partial charge in [-0.2, -0.15) is 0 Å². The Bertz CT molecular complexity index is 4250. The van der Waals surface area contributed by atoms with Gasteiger partial charge in [-0.05, 0) is 136 Å². The van der Waals surface area contributed by atoms with Crippen LogP contribution < -0.4 is 15.5 Å². The van der Waals surface area contributed by atoms with E-state index in [-0.39, 0.29) is 0 Å². The Kier molecular flexibility index (Phi) is 11.5. The normalized spacial score (nSPS) is 12.3. The van der Waals surface area contributed by atoms with Crippen molar-refractivity contribution in [1.82, 2.24) is 9.13 Å². The molecule has 0 atom stereocenters. The number of benzene rings is 11. The SMILES string of the molecule is C1=CCC=c2c(n(-c3ccc(-c4ccc(N(c5ccc(-c6ccc(-n7c8ccccc8c8ccccc87)cc6)cc5)c5ccc(C(c6ccccc6)(c6ccccc6)c6ccccc6)cc5)cc4)cc3)c3ccccc23)=C1. The molecule has 1 aliphatic carbocycles. The molecule has 2 aromatic heterocycles.